The van der Waals surface area contributed by atoms with Crippen molar-refractivity contribution in [1.82, 2.24) is 5.32 Å². The van der Waals surface area contributed by atoms with Crippen molar-refractivity contribution in [1.29, 1.82) is 0 Å². The Hall–Kier alpha value is -0.320. The minimum atomic E-state index is -0.409. The van der Waals surface area contributed by atoms with Gasteiger partial charge in [0, 0.05) is 13.1 Å². The second-order valence-electron chi connectivity index (χ2n) is 2.77. The summed E-state index contributed by atoms with van der Waals surface area (Å²) in [6, 6.07) is 0. The normalized spacial score (nSPS) is 28.8. The van der Waals surface area contributed by atoms with Gasteiger partial charge in [0.15, 0.2) is 0 Å². The number of halogens is 1. The standard InChI is InChI=1S/C7H13NO3.ClH/c1-11-7(10)5-2-6(9)4-8-3-5;/h5-6,8-9H,2-4H2,1H3;1H. The van der Waals surface area contributed by atoms with Crippen LogP contribution in [0.4, 0.5) is 0 Å². The van der Waals surface area contributed by atoms with E-state index in [1.807, 2.05) is 0 Å². The van der Waals surface area contributed by atoms with Crippen molar-refractivity contribution in [2.24, 2.45) is 5.92 Å². The number of methoxy groups -OCH3 is 1. The number of carbonyl (C=O) groups is 1. The van der Waals surface area contributed by atoms with E-state index < -0.39 is 6.10 Å². The molecule has 1 rings (SSSR count). The zero-order chi connectivity index (χ0) is 8.27. The maximum atomic E-state index is 10.9. The molecule has 1 fully saturated rings. The van der Waals surface area contributed by atoms with E-state index in [1.54, 1.807) is 0 Å². The summed E-state index contributed by atoms with van der Waals surface area (Å²) >= 11 is 0. The van der Waals surface area contributed by atoms with Crippen molar-refractivity contribution in [3.05, 3.63) is 0 Å². The summed E-state index contributed by atoms with van der Waals surface area (Å²) in [5.41, 5.74) is 0. The first-order valence-electron chi connectivity index (χ1n) is 3.70. The molecule has 0 radical (unpaired) electrons. The van der Waals surface area contributed by atoms with Crippen LogP contribution in [-0.4, -0.2) is 37.4 Å². The number of aliphatic hydroxyl groups excluding tert-OH is 1. The van der Waals surface area contributed by atoms with Crippen LogP contribution < -0.4 is 5.32 Å². The van der Waals surface area contributed by atoms with E-state index in [1.165, 1.54) is 7.11 Å². The van der Waals surface area contributed by atoms with Crippen LogP contribution in [0.3, 0.4) is 0 Å². The predicted octanol–water partition coefficient (Wildman–Crippen LogP) is -0.448. The molecule has 2 N–H and O–H groups in total. The van der Waals surface area contributed by atoms with Crippen LogP contribution in [0, 0.1) is 5.92 Å². The highest BCUT2D eigenvalue weighted by Crippen LogP contribution is 2.11. The van der Waals surface area contributed by atoms with Crippen LogP contribution in [0.15, 0.2) is 0 Å². The van der Waals surface area contributed by atoms with E-state index in [0.29, 0.717) is 19.5 Å². The molecule has 0 aromatic heterocycles. The molecule has 5 heteroatoms. The Kier molecular flexibility index (Phi) is 5.20. The van der Waals surface area contributed by atoms with Gasteiger partial charge in [0.2, 0.25) is 0 Å². The lowest BCUT2D eigenvalue weighted by Gasteiger charge is -2.24. The fourth-order valence-corrected chi connectivity index (χ4v) is 1.27. The van der Waals surface area contributed by atoms with Crippen LogP contribution in [-0.2, 0) is 9.53 Å². The Morgan fingerprint density at radius 1 is 1.58 bits per heavy atom. The van der Waals surface area contributed by atoms with Crippen LogP contribution in [0.1, 0.15) is 6.42 Å². The Morgan fingerprint density at radius 2 is 2.25 bits per heavy atom. The van der Waals surface area contributed by atoms with E-state index >= 15 is 0 Å². The highest BCUT2D eigenvalue weighted by molar-refractivity contribution is 5.85. The molecule has 2 atom stereocenters. The largest absolute Gasteiger partial charge is 0.469 e. The van der Waals surface area contributed by atoms with E-state index in [9.17, 15) is 4.79 Å². The SMILES string of the molecule is COC(=O)C1CNCC(O)C1.Cl. The van der Waals surface area contributed by atoms with Gasteiger partial charge < -0.3 is 15.2 Å². The average molecular weight is 196 g/mol. The lowest BCUT2D eigenvalue weighted by molar-refractivity contribution is -0.147. The van der Waals surface area contributed by atoms with E-state index in [2.05, 4.69) is 10.1 Å². The number of piperidine rings is 1. The van der Waals surface area contributed by atoms with Crippen molar-refractivity contribution < 1.29 is 14.6 Å². The zero-order valence-corrected chi connectivity index (χ0v) is 7.76. The highest BCUT2D eigenvalue weighted by Gasteiger charge is 2.26. The maximum absolute atomic E-state index is 10.9. The lowest BCUT2D eigenvalue weighted by Crippen LogP contribution is -2.42. The van der Waals surface area contributed by atoms with E-state index in [4.69, 9.17) is 5.11 Å². The van der Waals surface area contributed by atoms with Gasteiger partial charge in [-0.25, -0.2) is 0 Å². The molecule has 1 heterocycles. The van der Waals surface area contributed by atoms with Gasteiger partial charge in [-0.2, -0.15) is 0 Å². The summed E-state index contributed by atoms with van der Waals surface area (Å²) in [5, 5.41) is 12.1. The number of nitrogens with one attached hydrogen (secondary N) is 1. The zero-order valence-electron chi connectivity index (χ0n) is 6.95. The van der Waals surface area contributed by atoms with Gasteiger partial charge in [0.05, 0.1) is 19.1 Å². The molecule has 1 aliphatic heterocycles. The highest BCUT2D eigenvalue weighted by atomic mass is 35.5. The third kappa shape index (κ3) is 2.97. The minimum Gasteiger partial charge on any atom is -0.469 e. The van der Waals surface area contributed by atoms with Gasteiger partial charge >= 0.3 is 5.97 Å². The number of β-amino-alcohol motifs (C(OH)–C–C–N with tert-alkyl or cyclic N) is 1. The van der Waals surface area contributed by atoms with Crippen LogP contribution in [0.2, 0.25) is 0 Å². The summed E-state index contributed by atoms with van der Waals surface area (Å²) in [5.74, 6) is -0.417. The van der Waals surface area contributed by atoms with E-state index in [0.717, 1.165) is 0 Å². The summed E-state index contributed by atoms with van der Waals surface area (Å²) in [4.78, 5) is 10.9. The topological polar surface area (TPSA) is 58.6 Å². The molecular weight excluding hydrogens is 182 g/mol. The van der Waals surface area contributed by atoms with Crippen LogP contribution >= 0.6 is 12.4 Å². The second-order valence-corrected chi connectivity index (χ2v) is 2.77. The molecule has 1 saturated heterocycles. The number of aliphatic hydroxyl groups is 1. The average Bonchev–Trinajstić information content (AvgIpc) is 2.03. The van der Waals surface area contributed by atoms with Crippen molar-refractivity contribution in [3.8, 4) is 0 Å². The van der Waals surface area contributed by atoms with Gasteiger partial charge in [-0.15, -0.1) is 12.4 Å². The first kappa shape index (κ1) is 11.7. The number of hydrogen-bond donors (Lipinski definition) is 2. The Balaban J connectivity index is 0.00000121. The second kappa shape index (κ2) is 5.35. The molecule has 72 valence electrons. The quantitative estimate of drug-likeness (QED) is 0.557. The monoisotopic (exact) mass is 195 g/mol. The Bertz CT molecular complexity index is 154. The van der Waals surface area contributed by atoms with Gasteiger partial charge in [0.1, 0.15) is 0 Å². The summed E-state index contributed by atoms with van der Waals surface area (Å²) < 4.78 is 4.55. The third-order valence-corrected chi connectivity index (χ3v) is 1.86. The van der Waals surface area contributed by atoms with Crippen LogP contribution in [0.5, 0.6) is 0 Å². The number of esters is 1. The lowest BCUT2D eigenvalue weighted by atomic mass is 9.98. The number of carbonyl (C=O) groups excluding carboxylic acids is 1. The first-order valence-corrected chi connectivity index (χ1v) is 3.70. The molecule has 0 aliphatic carbocycles. The minimum absolute atomic E-state index is 0. The molecule has 0 aromatic carbocycles. The van der Waals surface area contributed by atoms with Gasteiger partial charge in [-0.3, -0.25) is 4.79 Å². The Labute approximate surface area is 77.7 Å². The molecule has 0 saturated carbocycles. The summed E-state index contributed by atoms with van der Waals surface area (Å²) in [7, 11) is 1.36. The molecule has 0 bridgehead atoms. The molecule has 0 spiro atoms. The molecule has 1 aliphatic rings. The van der Waals surface area contributed by atoms with Crippen molar-refractivity contribution >= 4 is 18.4 Å². The molecule has 2 unspecified atom stereocenters. The number of rotatable bonds is 1. The molecule has 0 amide bonds. The van der Waals surface area contributed by atoms with Crippen LogP contribution in [0.25, 0.3) is 0 Å². The van der Waals surface area contributed by atoms with E-state index in [-0.39, 0.29) is 24.3 Å². The van der Waals surface area contributed by atoms with Gasteiger partial charge in [-0.05, 0) is 6.42 Å². The third-order valence-electron chi connectivity index (χ3n) is 1.86. The number of hydrogen-bond acceptors (Lipinski definition) is 4. The van der Waals surface area contributed by atoms with Crippen molar-refractivity contribution in [2.75, 3.05) is 20.2 Å². The maximum Gasteiger partial charge on any atom is 0.310 e. The molecular formula is C7H14ClNO3. The van der Waals surface area contributed by atoms with Crippen molar-refractivity contribution in [3.63, 3.8) is 0 Å². The number of ether oxygens (including phenoxy) is 1. The van der Waals surface area contributed by atoms with Crippen molar-refractivity contribution in [2.45, 2.75) is 12.5 Å². The smallest absolute Gasteiger partial charge is 0.310 e. The molecule has 0 aromatic rings. The van der Waals surface area contributed by atoms with Gasteiger partial charge in [0.25, 0.3) is 0 Å². The molecule has 4 nitrogen and oxygen atoms in total. The summed E-state index contributed by atoms with van der Waals surface area (Å²) in [6.07, 6.45) is 0.104. The fourth-order valence-electron chi connectivity index (χ4n) is 1.27. The fraction of sp³-hybridized carbons (Fsp3) is 0.857. The first-order chi connectivity index (χ1) is 5.24. The summed E-state index contributed by atoms with van der Waals surface area (Å²) in [6.45, 7) is 1.19. The molecule has 12 heavy (non-hydrogen) atoms. The Morgan fingerprint density at radius 3 is 2.75 bits per heavy atom. The van der Waals surface area contributed by atoms with Gasteiger partial charge in [-0.1, -0.05) is 0 Å². The predicted molar refractivity (Wildman–Crippen MR) is 46.2 cm³/mol.